The summed E-state index contributed by atoms with van der Waals surface area (Å²) in [6.07, 6.45) is 0. The molecule has 0 aliphatic heterocycles. The number of fused-ring (bicyclic) bond motifs is 1. The van der Waals surface area contributed by atoms with Crippen LogP contribution in [0.3, 0.4) is 0 Å². The van der Waals surface area contributed by atoms with Crippen LogP contribution in [0.4, 0.5) is 0 Å². The zero-order valence-corrected chi connectivity index (χ0v) is 16.6. The van der Waals surface area contributed by atoms with Crippen LogP contribution in [-0.4, -0.2) is 24.3 Å². The van der Waals surface area contributed by atoms with Crippen molar-refractivity contribution in [1.29, 1.82) is 0 Å². The molecule has 1 aromatic heterocycles. The first-order valence-corrected chi connectivity index (χ1v) is 9.26. The number of primary amides is 1. The maximum atomic E-state index is 12.5. The van der Waals surface area contributed by atoms with E-state index in [2.05, 4.69) is 26.6 Å². The maximum absolute atomic E-state index is 12.5. The van der Waals surface area contributed by atoms with Crippen molar-refractivity contribution in [2.45, 2.75) is 13.5 Å². The summed E-state index contributed by atoms with van der Waals surface area (Å²) in [7, 11) is 0. The Morgan fingerprint density at radius 2 is 1.75 bits per heavy atom. The van der Waals surface area contributed by atoms with Gasteiger partial charge in [-0.2, -0.15) is 0 Å². The zero-order valence-electron chi connectivity index (χ0n) is 15.0. The van der Waals surface area contributed by atoms with Crippen LogP contribution in [0.1, 0.15) is 32.0 Å². The van der Waals surface area contributed by atoms with Crippen LogP contribution < -0.4 is 16.4 Å². The Balaban J connectivity index is 1.64. The predicted molar refractivity (Wildman–Crippen MR) is 108 cm³/mol. The Morgan fingerprint density at radius 1 is 1.04 bits per heavy atom. The van der Waals surface area contributed by atoms with Gasteiger partial charge < -0.3 is 20.8 Å². The van der Waals surface area contributed by atoms with Crippen LogP contribution in [0.2, 0.25) is 0 Å². The molecule has 0 saturated carbocycles. The minimum absolute atomic E-state index is 0.218. The molecule has 0 fully saturated rings. The normalized spacial score (nSPS) is 10.6. The highest BCUT2D eigenvalue weighted by molar-refractivity contribution is 9.10. The number of furan rings is 1. The molecule has 1 heterocycles. The highest BCUT2D eigenvalue weighted by Crippen LogP contribution is 2.28. The number of hydrogen-bond donors (Lipinski definition) is 3. The van der Waals surface area contributed by atoms with E-state index in [1.165, 1.54) is 0 Å². The van der Waals surface area contributed by atoms with E-state index in [0.29, 0.717) is 11.1 Å². The van der Waals surface area contributed by atoms with E-state index in [1.807, 2.05) is 25.1 Å². The Hall–Kier alpha value is -3.13. The fraction of sp³-hybridized carbons (Fsp3) is 0.150. The monoisotopic (exact) mass is 443 g/mol. The number of carbonyl (C=O) groups excluding carboxylic acids is 3. The summed E-state index contributed by atoms with van der Waals surface area (Å²) < 4.78 is 6.59. The van der Waals surface area contributed by atoms with E-state index in [1.54, 1.807) is 24.3 Å². The maximum Gasteiger partial charge on any atom is 0.287 e. The van der Waals surface area contributed by atoms with E-state index in [-0.39, 0.29) is 24.8 Å². The Bertz CT molecular complexity index is 1060. The van der Waals surface area contributed by atoms with Gasteiger partial charge in [0.2, 0.25) is 5.91 Å². The minimum atomic E-state index is -0.610. The van der Waals surface area contributed by atoms with Crippen LogP contribution in [0, 0.1) is 6.92 Å². The van der Waals surface area contributed by atoms with Crippen molar-refractivity contribution in [2.75, 3.05) is 6.54 Å². The van der Waals surface area contributed by atoms with Crippen LogP contribution in [0.25, 0.3) is 11.0 Å². The van der Waals surface area contributed by atoms with Gasteiger partial charge >= 0.3 is 0 Å². The number of halogens is 1. The fourth-order valence-electron chi connectivity index (χ4n) is 2.72. The lowest BCUT2D eigenvalue weighted by atomic mass is 10.1. The van der Waals surface area contributed by atoms with Crippen LogP contribution in [0.5, 0.6) is 0 Å². The average molecular weight is 444 g/mol. The minimum Gasteiger partial charge on any atom is -0.451 e. The summed E-state index contributed by atoms with van der Waals surface area (Å²) >= 11 is 3.41. The first-order chi connectivity index (χ1) is 13.3. The summed E-state index contributed by atoms with van der Waals surface area (Å²) in [6, 6.07) is 12.2. The molecule has 0 saturated heterocycles. The van der Waals surface area contributed by atoms with Gasteiger partial charge in [-0.1, -0.05) is 28.1 Å². The number of amides is 3. The molecule has 0 bridgehead atoms. The van der Waals surface area contributed by atoms with Gasteiger partial charge in [-0.25, -0.2) is 0 Å². The van der Waals surface area contributed by atoms with Crippen molar-refractivity contribution >= 4 is 44.6 Å². The van der Waals surface area contributed by atoms with Crippen molar-refractivity contribution < 1.29 is 18.8 Å². The van der Waals surface area contributed by atoms with E-state index < -0.39 is 11.8 Å². The van der Waals surface area contributed by atoms with Crippen LogP contribution in [0.15, 0.2) is 51.4 Å². The van der Waals surface area contributed by atoms with E-state index in [0.717, 1.165) is 21.0 Å². The fourth-order valence-corrected chi connectivity index (χ4v) is 3.08. The lowest BCUT2D eigenvalue weighted by Gasteiger charge is -2.06. The molecule has 144 valence electrons. The first kappa shape index (κ1) is 19.6. The molecule has 0 aliphatic carbocycles. The quantitative estimate of drug-likeness (QED) is 0.542. The summed E-state index contributed by atoms with van der Waals surface area (Å²) in [4.78, 5) is 35.1. The molecule has 3 aromatic rings. The summed E-state index contributed by atoms with van der Waals surface area (Å²) in [6.45, 7) is 1.90. The Morgan fingerprint density at radius 3 is 2.43 bits per heavy atom. The third kappa shape index (κ3) is 4.40. The largest absolute Gasteiger partial charge is 0.451 e. The molecule has 3 rings (SSSR count). The van der Waals surface area contributed by atoms with Crippen molar-refractivity contribution in [2.24, 2.45) is 5.73 Å². The molecule has 8 heteroatoms. The molecular formula is C20H18BrN3O4. The second-order valence-electron chi connectivity index (χ2n) is 6.23. The van der Waals surface area contributed by atoms with Crippen LogP contribution >= 0.6 is 15.9 Å². The van der Waals surface area contributed by atoms with Gasteiger partial charge in [0.15, 0.2) is 5.76 Å². The highest BCUT2D eigenvalue weighted by Gasteiger charge is 2.17. The van der Waals surface area contributed by atoms with Crippen molar-refractivity contribution in [1.82, 2.24) is 10.6 Å². The molecule has 3 amide bonds. The van der Waals surface area contributed by atoms with Gasteiger partial charge in [-0.15, -0.1) is 0 Å². The first-order valence-electron chi connectivity index (χ1n) is 8.47. The Labute approximate surface area is 169 Å². The van der Waals surface area contributed by atoms with Gasteiger partial charge in [-0.05, 0) is 42.8 Å². The van der Waals surface area contributed by atoms with E-state index >= 15 is 0 Å². The predicted octanol–water partition coefficient (Wildman–Crippen LogP) is 2.65. The molecule has 0 radical (unpaired) electrons. The third-order valence-electron chi connectivity index (χ3n) is 4.20. The molecule has 7 nitrogen and oxygen atoms in total. The Kier molecular flexibility index (Phi) is 5.79. The molecule has 0 spiro atoms. The van der Waals surface area contributed by atoms with Gasteiger partial charge in [0.05, 0.1) is 6.54 Å². The topological polar surface area (TPSA) is 114 Å². The zero-order chi connectivity index (χ0) is 20.3. The van der Waals surface area contributed by atoms with Crippen LogP contribution in [-0.2, 0) is 11.3 Å². The molecule has 28 heavy (non-hydrogen) atoms. The number of benzene rings is 2. The van der Waals surface area contributed by atoms with E-state index in [4.69, 9.17) is 10.2 Å². The molecule has 0 unspecified atom stereocenters. The SMILES string of the molecule is Cc1c(C(=O)NCc2ccc(C(=O)NCC(N)=O)cc2)oc2ccc(Br)cc12. The molecule has 0 atom stereocenters. The van der Waals surface area contributed by atoms with Gasteiger partial charge in [0.1, 0.15) is 5.58 Å². The third-order valence-corrected chi connectivity index (χ3v) is 4.69. The number of rotatable bonds is 6. The number of hydrogen-bond acceptors (Lipinski definition) is 4. The second-order valence-corrected chi connectivity index (χ2v) is 7.14. The van der Waals surface area contributed by atoms with Crippen molar-refractivity contribution in [3.8, 4) is 0 Å². The highest BCUT2D eigenvalue weighted by atomic mass is 79.9. The standard InChI is InChI=1S/C20H18BrN3O4/c1-11-15-8-14(21)6-7-16(15)28-18(11)20(27)23-9-12-2-4-13(5-3-12)19(26)24-10-17(22)25/h2-8H,9-10H2,1H3,(H2,22,25)(H,23,27)(H,24,26). The van der Waals surface area contributed by atoms with Gasteiger partial charge in [0, 0.05) is 27.5 Å². The summed E-state index contributed by atoms with van der Waals surface area (Å²) in [5.41, 5.74) is 7.64. The van der Waals surface area contributed by atoms with Crippen molar-refractivity contribution in [3.05, 3.63) is 69.4 Å². The van der Waals surface area contributed by atoms with Gasteiger partial charge in [0.25, 0.3) is 11.8 Å². The smallest absolute Gasteiger partial charge is 0.287 e. The van der Waals surface area contributed by atoms with Gasteiger partial charge in [-0.3, -0.25) is 14.4 Å². The molecule has 0 aliphatic rings. The lowest BCUT2D eigenvalue weighted by Crippen LogP contribution is -2.33. The average Bonchev–Trinajstić information content (AvgIpc) is 3.01. The summed E-state index contributed by atoms with van der Waals surface area (Å²) in [5, 5.41) is 6.11. The van der Waals surface area contributed by atoms with E-state index in [9.17, 15) is 14.4 Å². The second kappa shape index (κ2) is 8.26. The lowest BCUT2D eigenvalue weighted by molar-refractivity contribution is -0.117. The molecule has 4 N–H and O–H groups in total. The number of nitrogens with one attached hydrogen (secondary N) is 2. The van der Waals surface area contributed by atoms with Crippen molar-refractivity contribution in [3.63, 3.8) is 0 Å². The summed E-state index contributed by atoms with van der Waals surface area (Å²) in [5.74, 6) is -1.04. The number of aryl methyl sites for hydroxylation is 1. The number of carbonyl (C=O) groups is 3. The molecular weight excluding hydrogens is 426 g/mol. The molecule has 2 aromatic carbocycles. The number of nitrogens with two attached hydrogens (primary N) is 1.